The Balaban J connectivity index is 2.13. The van der Waals surface area contributed by atoms with Gasteiger partial charge < -0.3 is 14.0 Å². The first kappa shape index (κ1) is 19.3. The van der Waals surface area contributed by atoms with E-state index in [0.717, 1.165) is 6.08 Å². The van der Waals surface area contributed by atoms with Crippen LogP contribution in [0.3, 0.4) is 0 Å². The number of halogens is 4. The first-order valence-corrected chi connectivity index (χ1v) is 8.51. The summed E-state index contributed by atoms with van der Waals surface area (Å²) in [5.74, 6) is 0.627. The number of hydrogen-bond donors (Lipinski definition) is 0. The predicted molar refractivity (Wildman–Crippen MR) is 94.5 cm³/mol. The van der Waals surface area contributed by atoms with E-state index in [2.05, 4.69) is 9.97 Å². The minimum absolute atomic E-state index is 0.0602. The summed E-state index contributed by atoms with van der Waals surface area (Å²) in [6.07, 6.45) is 1.68. The molecule has 1 aliphatic rings. The summed E-state index contributed by atoms with van der Waals surface area (Å²) in [4.78, 5) is 5.81. The molecule has 0 bridgehead atoms. The topological polar surface area (TPSA) is 49.2 Å². The number of pyridine rings is 1. The third-order valence-electron chi connectivity index (χ3n) is 4.13. The smallest absolute Gasteiger partial charge is 0.413 e. The highest BCUT2D eigenvalue weighted by molar-refractivity contribution is 6.26. The maximum absolute atomic E-state index is 13.8. The van der Waals surface area contributed by atoms with Crippen LogP contribution in [-0.4, -0.2) is 39.3 Å². The van der Waals surface area contributed by atoms with Gasteiger partial charge in [0.1, 0.15) is 17.5 Å². The molecule has 0 N–H and O–H groups in total. The molecule has 5 nitrogen and oxygen atoms in total. The van der Waals surface area contributed by atoms with Gasteiger partial charge in [0.15, 0.2) is 10.7 Å². The third-order valence-corrected chi connectivity index (χ3v) is 4.68. The van der Waals surface area contributed by atoms with E-state index >= 15 is 0 Å². The molecule has 2 unspecified atom stereocenters. The van der Waals surface area contributed by atoms with E-state index in [9.17, 15) is 13.2 Å². The van der Waals surface area contributed by atoms with Gasteiger partial charge in [-0.05, 0) is 19.1 Å². The molecular weight excluding hydrogens is 383 g/mol. The second-order valence-electron chi connectivity index (χ2n) is 5.75. The average Bonchev–Trinajstić information content (AvgIpc) is 3.10. The standard InChI is InChI=1S/C18H17ClF3N3O2/c1-3-27-14-8-4-6-12(24-14)16-23-10-11-25(16)15-13(26-2)7-5-9-17(15,19)18(20,21)22/h4-11,15H,3H2,1-2H3. The van der Waals surface area contributed by atoms with Crippen molar-refractivity contribution in [3.8, 4) is 17.4 Å². The predicted octanol–water partition coefficient (Wildman–Crippen LogP) is 4.52. The monoisotopic (exact) mass is 399 g/mol. The van der Waals surface area contributed by atoms with Crippen LogP contribution in [0.15, 0.2) is 54.6 Å². The SMILES string of the molecule is CCOc1cccc(-c2nccn2C2C(OC)=CC=CC2(Cl)C(F)(F)F)n1. The Kier molecular flexibility index (Phi) is 5.19. The summed E-state index contributed by atoms with van der Waals surface area (Å²) in [6.45, 7) is 2.22. The van der Waals surface area contributed by atoms with Crippen molar-refractivity contribution in [1.82, 2.24) is 14.5 Å². The molecule has 144 valence electrons. The molecule has 1 aliphatic carbocycles. The lowest BCUT2D eigenvalue weighted by atomic mass is 9.91. The summed E-state index contributed by atoms with van der Waals surface area (Å²) in [7, 11) is 1.30. The van der Waals surface area contributed by atoms with Gasteiger partial charge in [-0.25, -0.2) is 9.97 Å². The summed E-state index contributed by atoms with van der Waals surface area (Å²) in [6, 6.07) is 3.60. The van der Waals surface area contributed by atoms with Crippen LogP contribution in [0.2, 0.25) is 0 Å². The van der Waals surface area contributed by atoms with Crippen LogP contribution in [0.1, 0.15) is 13.0 Å². The average molecular weight is 400 g/mol. The maximum Gasteiger partial charge on any atom is 0.413 e. The van der Waals surface area contributed by atoms with Gasteiger partial charge in [0.25, 0.3) is 0 Å². The van der Waals surface area contributed by atoms with Gasteiger partial charge in [0.2, 0.25) is 5.88 Å². The number of aromatic nitrogens is 3. The highest BCUT2D eigenvalue weighted by Crippen LogP contribution is 2.51. The zero-order valence-corrected chi connectivity index (χ0v) is 15.3. The summed E-state index contributed by atoms with van der Waals surface area (Å²) >= 11 is 6.10. The van der Waals surface area contributed by atoms with Crippen LogP contribution in [0, 0.1) is 0 Å². The van der Waals surface area contributed by atoms with Crippen molar-refractivity contribution >= 4 is 11.6 Å². The first-order chi connectivity index (χ1) is 12.8. The van der Waals surface area contributed by atoms with Crippen molar-refractivity contribution in [2.45, 2.75) is 24.0 Å². The largest absolute Gasteiger partial charge is 0.499 e. The van der Waals surface area contributed by atoms with Crippen molar-refractivity contribution < 1.29 is 22.6 Å². The van der Waals surface area contributed by atoms with E-state index in [4.69, 9.17) is 21.1 Å². The molecular formula is C18H17ClF3N3O2. The normalized spacial score (nSPS) is 22.4. The van der Waals surface area contributed by atoms with Crippen LogP contribution in [0.4, 0.5) is 13.2 Å². The Bertz CT molecular complexity index is 879. The van der Waals surface area contributed by atoms with Crippen LogP contribution >= 0.6 is 11.6 Å². The van der Waals surface area contributed by atoms with Crippen LogP contribution < -0.4 is 4.74 Å². The van der Waals surface area contributed by atoms with Gasteiger partial charge in [-0.2, -0.15) is 13.2 Å². The molecule has 0 spiro atoms. The summed E-state index contributed by atoms with van der Waals surface area (Å²) < 4.78 is 53.4. The molecule has 0 saturated carbocycles. The fraction of sp³-hybridized carbons (Fsp3) is 0.333. The van der Waals surface area contributed by atoms with Gasteiger partial charge >= 0.3 is 6.18 Å². The van der Waals surface area contributed by atoms with Crippen molar-refractivity contribution in [3.05, 3.63) is 54.6 Å². The Morgan fingerprint density at radius 3 is 2.78 bits per heavy atom. The molecule has 2 atom stereocenters. The highest BCUT2D eigenvalue weighted by atomic mass is 35.5. The molecule has 2 aromatic rings. The summed E-state index contributed by atoms with van der Waals surface area (Å²) in [5, 5.41) is 0. The minimum Gasteiger partial charge on any atom is -0.499 e. The molecule has 0 aliphatic heterocycles. The van der Waals surface area contributed by atoms with E-state index in [-0.39, 0.29) is 11.6 Å². The van der Waals surface area contributed by atoms with E-state index in [1.165, 1.54) is 36.2 Å². The fourth-order valence-electron chi connectivity index (χ4n) is 2.93. The van der Waals surface area contributed by atoms with Crippen molar-refractivity contribution in [1.29, 1.82) is 0 Å². The molecule has 27 heavy (non-hydrogen) atoms. The molecule has 9 heteroatoms. The second-order valence-corrected chi connectivity index (χ2v) is 6.38. The Hall–Kier alpha value is -2.48. The molecule has 0 aromatic carbocycles. The second kappa shape index (κ2) is 7.26. The lowest BCUT2D eigenvalue weighted by Gasteiger charge is -2.38. The lowest BCUT2D eigenvalue weighted by molar-refractivity contribution is -0.160. The molecule has 0 fully saturated rings. The van der Waals surface area contributed by atoms with Crippen molar-refractivity contribution in [3.63, 3.8) is 0 Å². The fourth-order valence-corrected chi connectivity index (χ4v) is 3.21. The van der Waals surface area contributed by atoms with E-state index in [1.807, 2.05) is 6.92 Å². The van der Waals surface area contributed by atoms with E-state index < -0.39 is 17.1 Å². The molecule has 0 saturated heterocycles. The molecule has 3 rings (SSSR count). The zero-order valence-electron chi connectivity index (χ0n) is 14.6. The number of alkyl halides is 4. The number of methoxy groups -OCH3 is 1. The Morgan fingerprint density at radius 1 is 1.33 bits per heavy atom. The molecule has 2 heterocycles. The van der Waals surface area contributed by atoms with Gasteiger partial charge in [-0.15, -0.1) is 11.6 Å². The van der Waals surface area contributed by atoms with Crippen LogP contribution in [0.5, 0.6) is 5.88 Å². The number of allylic oxidation sites excluding steroid dienone is 4. The van der Waals surface area contributed by atoms with Gasteiger partial charge in [0, 0.05) is 18.5 Å². The number of hydrogen-bond acceptors (Lipinski definition) is 4. The number of nitrogens with zero attached hydrogens (tertiary/aromatic N) is 3. The van der Waals surface area contributed by atoms with Crippen molar-refractivity contribution in [2.24, 2.45) is 0 Å². The van der Waals surface area contributed by atoms with Gasteiger partial charge in [-0.1, -0.05) is 18.2 Å². The quantitative estimate of drug-likeness (QED) is 0.693. The highest BCUT2D eigenvalue weighted by Gasteiger charge is 2.60. The number of imidazole rings is 1. The molecule has 0 radical (unpaired) electrons. The third kappa shape index (κ3) is 3.41. The molecule has 0 amide bonds. The zero-order chi connectivity index (χ0) is 19.7. The molecule has 2 aromatic heterocycles. The summed E-state index contributed by atoms with van der Waals surface area (Å²) in [5.41, 5.74) is 0.358. The van der Waals surface area contributed by atoms with Crippen LogP contribution in [0.25, 0.3) is 11.5 Å². The van der Waals surface area contributed by atoms with Crippen LogP contribution in [-0.2, 0) is 4.74 Å². The van der Waals surface area contributed by atoms with Gasteiger partial charge in [-0.3, -0.25) is 0 Å². The maximum atomic E-state index is 13.8. The lowest BCUT2D eigenvalue weighted by Crippen LogP contribution is -2.47. The minimum atomic E-state index is -4.73. The van der Waals surface area contributed by atoms with Gasteiger partial charge in [0.05, 0.1) is 13.7 Å². The first-order valence-electron chi connectivity index (χ1n) is 8.14. The van der Waals surface area contributed by atoms with E-state index in [0.29, 0.717) is 18.2 Å². The van der Waals surface area contributed by atoms with E-state index in [1.54, 1.807) is 18.2 Å². The number of rotatable bonds is 5. The Morgan fingerprint density at radius 2 is 2.11 bits per heavy atom. The Labute approximate surface area is 159 Å². The van der Waals surface area contributed by atoms with Crippen molar-refractivity contribution in [2.75, 3.05) is 13.7 Å². The number of ether oxygens (including phenoxy) is 2.